The summed E-state index contributed by atoms with van der Waals surface area (Å²) in [6.45, 7) is 2.00. The van der Waals surface area contributed by atoms with Gasteiger partial charge in [0.1, 0.15) is 5.15 Å². The highest BCUT2D eigenvalue weighted by Gasteiger charge is 2.34. The zero-order chi connectivity index (χ0) is 22.8. The lowest BCUT2D eigenvalue weighted by molar-refractivity contribution is -0.137. The molecule has 4 rings (SSSR count). The first kappa shape index (κ1) is 22.4. The first-order valence-electron chi connectivity index (χ1n) is 10.3. The number of carbonyl (C=O) groups is 2. The van der Waals surface area contributed by atoms with Gasteiger partial charge in [-0.3, -0.25) is 9.59 Å². The van der Waals surface area contributed by atoms with Crippen LogP contribution in [0.3, 0.4) is 0 Å². The molecular formula is C24H21BrClN3O3. The van der Waals surface area contributed by atoms with E-state index in [4.69, 9.17) is 16.7 Å². The number of hydrogen-bond acceptors (Lipinski definition) is 4. The lowest BCUT2D eigenvalue weighted by atomic mass is 9.98. The Labute approximate surface area is 199 Å². The van der Waals surface area contributed by atoms with Crippen molar-refractivity contribution in [2.75, 3.05) is 0 Å². The molecule has 1 N–H and O–H groups in total. The molecule has 1 aromatic heterocycles. The number of aryl methyl sites for hydroxylation is 1. The summed E-state index contributed by atoms with van der Waals surface area (Å²) in [5.74, 6) is -1.16. The van der Waals surface area contributed by atoms with Gasteiger partial charge in [0, 0.05) is 34.7 Å². The second-order valence-corrected chi connectivity index (χ2v) is 9.10. The molecule has 0 radical (unpaired) electrons. The fourth-order valence-electron chi connectivity index (χ4n) is 3.81. The zero-order valence-electron chi connectivity index (χ0n) is 17.4. The minimum Gasteiger partial charge on any atom is -0.481 e. The van der Waals surface area contributed by atoms with Gasteiger partial charge in [0.25, 0.3) is 0 Å². The van der Waals surface area contributed by atoms with Crippen molar-refractivity contribution in [3.8, 4) is 0 Å². The Morgan fingerprint density at radius 3 is 2.62 bits per heavy atom. The first-order chi connectivity index (χ1) is 15.3. The quantitative estimate of drug-likeness (QED) is 0.416. The van der Waals surface area contributed by atoms with E-state index in [-0.39, 0.29) is 25.2 Å². The zero-order valence-corrected chi connectivity index (χ0v) is 19.7. The third-order valence-corrected chi connectivity index (χ3v) is 6.27. The third kappa shape index (κ3) is 4.84. The van der Waals surface area contributed by atoms with Gasteiger partial charge in [-0.2, -0.15) is 5.10 Å². The Balaban J connectivity index is 1.70. The van der Waals surface area contributed by atoms with E-state index >= 15 is 0 Å². The predicted molar refractivity (Wildman–Crippen MR) is 128 cm³/mol. The van der Waals surface area contributed by atoms with Crippen LogP contribution < -0.4 is 0 Å². The number of pyridine rings is 1. The van der Waals surface area contributed by atoms with Gasteiger partial charge in [-0.15, -0.1) is 0 Å². The highest BCUT2D eigenvalue weighted by Crippen LogP contribution is 2.38. The number of aromatic nitrogens is 1. The molecule has 0 aliphatic carbocycles. The summed E-state index contributed by atoms with van der Waals surface area (Å²) in [4.78, 5) is 28.4. The number of aliphatic carboxylic acids is 1. The van der Waals surface area contributed by atoms with Crippen LogP contribution in [0.5, 0.6) is 0 Å². The summed E-state index contributed by atoms with van der Waals surface area (Å²) >= 11 is 10.0. The first-order valence-corrected chi connectivity index (χ1v) is 11.4. The molecule has 0 saturated heterocycles. The second-order valence-electron chi connectivity index (χ2n) is 7.82. The monoisotopic (exact) mass is 513 g/mol. The molecule has 32 heavy (non-hydrogen) atoms. The predicted octanol–water partition coefficient (Wildman–Crippen LogP) is 5.89. The maximum Gasteiger partial charge on any atom is 0.303 e. The van der Waals surface area contributed by atoms with E-state index in [0.717, 1.165) is 37.8 Å². The number of fused-ring (bicyclic) bond motifs is 1. The van der Waals surface area contributed by atoms with E-state index in [0.29, 0.717) is 11.6 Å². The van der Waals surface area contributed by atoms with Crippen molar-refractivity contribution in [3.63, 3.8) is 0 Å². The molecule has 1 atom stereocenters. The molecule has 2 aromatic carbocycles. The van der Waals surface area contributed by atoms with E-state index < -0.39 is 12.0 Å². The summed E-state index contributed by atoms with van der Waals surface area (Å²) in [6.07, 6.45) is 0.775. The Morgan fingerprint density at radius 2 is 1.91 bits per heavy atom. The number of hydrazone groups is 1. The van der Waals surface area contributed by atoms with Gasteiger partial charge in [0.15, 0.2) is 0 Å². The molecule has 1 aliphatic rings. The van der Waals surface area contributed by atoms with E-state index in [1.165, 1.54) is 5.01 Å². The fourth-order valence-corrected chi connectivity index (χ4v) is 4.34. The van der Waals surface area contributed by atoms with E-state index in [2.05, 4.69) is 26.0 Å². The number of benzene rings is 2. The number of carboxylic acids is 1. The van der Waals surface area contributed by atoms with Crippen LogP contribution in [0, 0.1) is 6.92 Å². The van der Waals surface area contributed by atoms with Gasteiger partial charge in [0.2, 0.25) is 5.91 Å². The standard InChI is InChI=1S/C24H21BrClN3O3/c1-14-5-6-16-12-18(24(26)27-19(16)11-14)21-13-20(15-7-9-17(25)10-8-15)28-29(21)22(30)3-2-4-23(31)32/h5-12,21H,2-4,13H2,1H3,(H,31,32). The molecule has 0 fully saturated rings. The van der Waals surface area contributed by atoms with Crippen LogP contribution in [-0.2, 0) is 9.59 Å². The smallest absolute Gasteiger partial charge is 0.303 e. The number of hydrogen-bond donors (Lipinski definition) is 1. The van der Waals surface area contributed by atoms with Gasteiger partial charge in [-0.05, 0) is 48.7 Å². The molecule has 2 heterocycles. The molecule has 1 unspecified atom stereocenters. The van der Waals surface area contributed by atoms with Gasteiger partial charge in [-0.25, -0.2) is 9.99 Å². The number of nitrogens with zero attached hydrogens (tertiary/aromatic N) is 3. The Hall–Kier alpha value is -2.77. The van der Waals surface area contributed by atoms with Crippen molar-refractivity contribution in [1.82, 2.24) is 9.99 Å². The van der Waals surface area contributed by atoms with Crippen LogP contribution >= 0.6 is 27.5 Å². The molecular weight excluding hydrogens is 494 g/mol. The lowest BCUT2D eigenvalue weighted by Gasteiger charge is -2.23. The molecule has 0 spiro atoms. The molecule has 6 nitrogen and oxygen atoms in total. The van der Waals surface area contributed by atoms with Crippen LogP contribution in [0.15, 0.2) is 58.1 Å². The molecule has 0 saturated carbocycles. The minimum atomic E-state index is -0.924. The number of carboxylic acid groups (broad SMARTS) is 1. The highest BCUT2D eigenvalue weighted by atomic mass is 79.9. The van der Waals surface area contributed by atoms with E-state index in [9.17, 15) is 9.59 Å². The topological polar surface area (TPSA) is 82.9 Å². The van der Waals surface area contributed by atoms with Gasteiger partial charge >= 0.3 is 5.97 Å². The van der Waals surface area contributed by atoms with Crippen molar-refractivity contribution < 1.29 is 14.7 Å². The second kappa shape index (κ2) is 9.38. The largest absolute Gasteiger partial charge is 0.481 e. The van der Waals surface area contributed by atoms with E-state index in [1.807, 2.05) is 55.5 Å². The van der Waals surface area contributed by atoms with Gasteiger partial charge < -0.3 is 5.11 Å². The van der Waals surface area contributed by atoms with Crippen LogP contribution in [0.4, 0.5) is 0 Å². The molecule has 0 bridgehead atoms. The summed E-state index contributed by atoms with van der Waals surface area (Å²) in [5.41, 5.74) is 4.30. The lowest BCUT2D eigenvalue weighted by Crippen LogP contribution is -2.27. The molecule has 8 heteroatoms. The van der Waals surface area contributed by atoms with Crippen molar-refractivity contribution >= 4 is 56.0 Å². The maximum atomic E-state index is 13.0. The molecule has 1 aliphatic heterocycles. The Morgan fingerprint density at radius 1 is 1.16 bits per heavy atom. The summed E-state index contributed by atoms with van der Waals surface area (Å²) < 4.78 is 0.954. The normalized spacial score (nSPS) is 15.8. The van der Waals surface area contributed by atoms with Crippen LogP contribution in [0.25, 0.3) is 10.9 Å². The van der Waals surface area contributed by atoms with Crippen LogP contribution in [-0.4, -0.2) is 32.7 Å². The van der Waals surface area contributed by atoms with E-state index in [1.54, 1.807) is 0 Å². The average Bonchev–Trinajstić information content (AvgIpc) is 3.18. The highest BCUT2D eigenvalue weighted by molar-refractivity contribution is 9.10. The van der Waals surface area contributed by atoms with Crippen LogP contribution in [0.1, 0.15) is 48.4 Å². The van der Waals surface area contributed by atoms with Gasteiger partial charge in [-0.1, -0.05) is 51.8 Å². The van der Waals surface area contributed by atoms with Crippen molar-refractivity contribution in [3.05, 3.63) is 74.8 Å². The minimum absolute atomic E-state index is 0.0643. The summed E-state index contributed by atoms with van der Waals surface area (Å²) in [5, 5.41) is 16.3. The number of halogens is 2. The Kier molecular flexibility index (Phi) is 6.58. The fraction of sp³-hybridized carbons (Fsp3) is 0.250. The SMILES string of the molecule is Cc1ccc2cc(C3CC(c4ccc(Br)cc4)=NN3C(=O)CCCC(=O)O)c(Cl)nc2c1. The summed E-state index contributed by atoms with van der Waals surface area (Å²) in [6, 6.07) is 15.3. The van der Waals surface area contributed by atoms with Crippen molar-refractivity contribution in [1.29, 1.82) is 0 Å². The maximum absolute atomic E-state index is 13.0. The molecule has 3 aromatic rings. The van der Waals surface area contributed by atoms with Crippen LogP contribution in [0.2, 0.25) is 5.15 Å². The van der Waals surface area contributed by atoms with Gasteiger partial charge in [0.05, 0.1) is 17.3 Å². The number of rotatable bonds is 6. The number of carbonyl (C=O) groups excluding carboxylic acids is 1. The average molecular weight is 515 g/mol. The van der Waals surface area contributed by atoms with Crippen molar-refractivity contribution in [2.45, 2.75) is 38.6 Å². The number of amides is 1. The molecule has 164 valence electrons. The third-order valence-electron chi connectivity index (χ3n) is 5.44. The Bertz CT molecular complexity index is 1230. The summed E-state index contributed by atoms with van der Waals surface area (Å²) in [7, 11) is 0. The molecule has 1 amide bonds. The van der Waals surface area contributed by atoms with Crippen molar-refractivity contribution in [2.24, 2.45) is 5.10 Å².